The summed E-state index contributed by atoms with van der Waals surface area (Å²) in [5, 5.41) is 20.0. The molecule has 0 aromatic rings. The lowest BCUT2D eigenvalue weighted by atomic mass is 9.89. The van der Waals surface area contributed by atoms with Crippen molar-refractivity contribution < 1.29 is 38.7 Å². The normalized spacial score (nSPS) is 34.7. The Morgan fingerprint density at radius 2 is 1.84 bits per heavy atom. The van der Waals surface area contributed by atoms with Crippen LogP contribution in [0.15, 0.2) is 12.2 Å². The Balaban J connectivity index is 1.69. The van der Waals surface area contributed by atoms with E-state index in [9.17, 15) is 15.0 Å². The van der Waals surface area contributed by atoms with Gasteiger partial charge >= 0.3 is 5.97 Å². The van der Waals surface area contributed by atoms with Crippen LogP contribution in [0.4, 0.5) is 0 Å². The number of hydrogen-bond donors (Lipinski definition) is 2. The molecule has 2 saturated heterocycles. The second-order valence-electron chi connectivity index (χ2n) is 9.10. The molecular weight excluding hydrogens is 416 g/mol. The van der Waals surface area contributed by atoms with E-state index in [1.807, 2.05) is 12.2 Å². The van der Waals surface area contributed by atoms with E-state index in [1.54, 1.807) is 7.11 Å². The molecular formula is C24H40O8. The van der Waals surface area contributed by atoms with Gasteiger partial charge in [-0.2, -0.15) is 0 Å². The number of carboxylic acids is 1. The summed E-state index contributed by atoms with van der Waals surface area (Å²) in [6.07, 6.45) is 10.2. The van der Waals surface area contributed by atoms with Gasteiger partial charge in [0.05, 0.1) is 24.7 Å². The van der Waals surface area contributed by atoms with Crippen LogP contribution in [-0.4, -0.2) is 74.0 Å². The Kier molecular flexibility index (Phi) is 10.9. The number of aliphatic hydroxyl groups excluding tert-OH is 1. The number of rotatable bonds is 12. The molecule has 0 aromatic carbocycles. The van der Waals surface area contributed by atoms with E-state index in [-0.39, 0.29) is 37.1 Å². The highest BCUT2D eigenvalue weighted by atomic mass is 16.7. The first-order chi connectivity index (χ1) is 15.6. The van der Waals surface area contributed by atoms with E-state index in [0.717, 1.165) is 51.4 Å². The van der Waals surface area contributed by atoms with E-state index in [2.05, 4.69) is 0 Å². The quantitative estimate of drug-likeness (QED) is 0.341. The van der Waals surface area contributed by atoms with Gasteiger partial charge in [-0.25, -0.2) is 0 Å². The Labute approximate surface area is 191 Å². The van der Waals surface area contributed by atoms with Crippen molar-refractivity contribution in [2.45, 2.75) is 95.1 Å². The lowest BCUT2D eigenvalue weighted by molar-refractivity contribution is -0.193. The predicted molar refractivity (Wildman–Crippen MR) is 117 cm³/mol. The van der Waals surface area contributed by atoms with Crippen molar-refractivity contribution in [3.05, 3.63) is 12.2 Å². The number of ether oxygens (including phenoxy) is 5. The first-order valence-corrected chi connectivity index (χ1v) is 12.2. The Morgan fingerprint density at radius 3 is 2.47 bits per heavy atom. The van der Waals surface area contributed by atoms with Gasteiger partial charge in [0, 0.05) is 45.2 Å². The third-order valence-corrected chi connectivity index (χ3v) is 6.62. The van der Waals surface area contributed by atoms with Crippen molar-refractivity contribution in [2.75, 3.05) is 26.9 Å². The monoisotopic (exact) mass is 456 g/mol. The van der Waals surface area contributed by atoms with Gasteiger partial charge in [0.1, 0.15) is 0 Å². The summed E-state index contributed by atoms with van der Waals surface area (Å²) in [6.45, 7) is 2.04. The van der Waals surface area contributed by atoms with Gasteiger partial charge in [-0.15, -0.1) is 0 Å². The fourth-order valence-electron chi connectivity index (χ4n) is 4.91. The predicted octanol–water partition coefficient (Wildman–Crippen LogP) is 3.26. The molecule has 2 heterocycles. The molecule has 184 valence electrons. The van der Waals surface area contributed by atoms with Gasteiger partial charge in [0.25, 0.3) is 0 Å². The maximum absolute atomic E-state index is 11.5. The van der Waals surface area contributed by atoms with Crippen molar-refractivity contribution in [3.8, 4) is 0 Å². The van der Waals surface area contributed by atoms with Gasteiger partial charge in [-0.3, -0.25) is 4.79 Å². The zero-order valence-corrected chi connectivity index (χ0v) is 19.2. The summed E-state index contributed by atoms with van der Waals surface area (Å²) >= 11 is 0. The minimum Gasteiger partial charge on any atom is -0.481 e. The summed E-state index contributed by atoms with van der Waals surface area (Å²) in [7, 11) is 1.68. The molecule has 1 aliphatic carbocycles. The van der Waals surface area contributed by atoms with Crippen LogP contribution in [0.2, 0.25) is 0 Å². The smallest absolute Gasteiger partial charge is 0.303 e. The standard InChI is InChI=1S/C24H40O8/c1-28-12-6-7-17(31-23-8-2-4-13-29-23)10-11-18-19(15-22(26)27)20(25)16-21(18)32-24-9-3-5-14-30-24/h10-11,17-21,23-25H,2-9,12-16H2,1H3,(H,26,27). The lowest BCUT2D eigenvalue weighted by Gasteiger charge is -2.29. The van der Waals surface area contributed by atoms with Crippen molar-refractivity contribution >= 4 is 5.97 Å². The third kappa shape index (κ3) is 8.08. The molecule has 32 heavy (non-hydrogen) atoms. The van der Waals surface area contributed by atoms with Crippen LogP contribution in [0.25, 0.3) is 0 Å². The lowest BCUT2D eigenvalue weighted by Crippen LogP contribution is -2.31. The topological polar surface area (TPSA) is 104 Å². The minimum atomic E-state index is -0.912. The molecule has 2 aliphatic heterocycles. The number of aliphatic carboxylic acids is 1. The molecule has 8 heteroatoms. The van der Waals surface area contributed by atoms with Crippen molar-refractivity contribution in [2.24, 2.45) is 11.8 Å². The highest BCUT2D eigenvalue weighted by Gasteiger charge is 2.44. The molecule has 0 amide bonds. The second-order valence-corrected chi connectivity index (χ2v) is 9.10. The van der Waals surface area contributed by atoms with Crippen LogP contribution >= 0.6 is 0 Å². The summed E-state index contributed by atoms with van der Waals surface area (Å²) in [4.78, 5) is 11.5. The SMILES string of the molecule is COCCCC(C=CC1C(OC2CCCCO2)CC(O)C1CC(=O)O)OC1CCCCO1. The van der Waals surface area contributed by atoms with Crippen LogP contribution in [0.3, 0.4) is 0 Å². The molecule has 0 radical (unpaired) electrons. The molecule has 3 aliphatic rings. The van der Waals surface area contributed by atoms with E-state index >= 15 is 0 Å². The molecule has 0 bridgehead atoms. The molecule has 0 aromatic heterocycles. The highest BCUT2D eigenvalue weighted by Crippen LogP contribution is 2.39. The second kappa shape index (κ2) is 13.6. The Bertz CT molecular complexity index is 570. The highest BCUT2D eigenvalue weighted by molar-refractivity contribution is 5.67. The Hall–Kier alpha value is -1.03. The molecule has 8 nitrogen and oxygen atoms in total. The first kappa shape index (κ1) is 25.6. The van der Waals surface area contributed by atoms with Crippen molar-refractivity contribution in [1.29, 1.82) is 0 Å². The molecule has 7 unspecified atom stereocenters. The maximum Gasteiger partial charge on any atom is 0.303 e. The molecule has 3 fully saturated rings. The Morgan fingerprint density at radius 1 is 1.12 bits per heavy atom. The van der Waals surface area contributed by atoms with E-state index < -0.39 is 18.0 Å². The van der Waals surface area contributed by atoms with Crippen LogP contribution in [-0.2, 0) is 28.5 Å². The number of carboxylic acid groups (broad SMARTS) is 1. The largest absolute Gasteiger partial charge is 0.481 e. The average molecular weight is 457 g/mol. The van der Waals surface area contributed by atoms with Gasteiger partial charge in [-0.05, 0) is 51.4 Å². The molecule has 2 N–H and O–H groups in total. The summed E-state index contributed by atoms with van der Waals surface area (Å²) in [5.74, 6) is -1.53. The minimum absolute atomic E-state index is 0.0948. The van der Waals surface area contributed by atoms with Gasteiger partial charge in [0.2, 0.25) is 0 Å². The van der Waals surface area contributed by atoms with Gasteiger partial charge in [0.15, 0.2) is 12.6 Å². The average Bonchev–Trinajstić information content (AvgIpc) is 3.06. The molecule has 0 spiro atoms. The zero-order valence-electron chi connectivity index (χ0n) is 19.2. The molecule has 3 rings (SSSR count). The summed E-state index contributed by atoms with van der Waals surface area (Å²) in [6, 6.07) is 0. The fraction of sp³-hybridized carbons (Fsp3) is 0.875. The first-order valence-electron chi connectivity index (χ1n) is 12.2. The van der Waals surface area contributed by atoms with Crippen molar-refractivity contribution in [1.82, 2.24) is 0 Å². The van der Waals surface area contributed by atoms with Crippen LogP contribution < -0.4 is 0 Å². The summed E-state index contributed by atoms with van der Waals surface area (Å²) < 4.78 is 29.1. The van der Waals surface area contributed by atoms with E-state index in [1.165, 1.54) is 0 Å². The van der Waals surface area contributed by atoms with Crippen LogP contribution in [0, 0.1) is 11.8 Å². The molecule has 7 atom stereocenters. The van der Waals surface area contributed by atoms with Gasteiger partial charge < -0.3 is 33.9 Å². The van der Waals surface area contributed by atoms with Crippen molar-refractivity contribution in [3.63, 3.8) is 0 Å². The fourth-order valence-corrected chi connectivity index (χ4v) is 4.91. The number of hydrogen-bond acceptors (Lipinski definition) is 7. The maximum atomic E-state index is 11.5. The van der Waals surface area contributed by atoms with Crippen LogP contribution in [0.5, 0.6) is 0 Å². The van der Waals surface area contributed by atoms with E-state index in [4.69, 9.17) is 23.7 Å². The number of methoxy groups -OCH3 is 1. The van der Waals surface area contributed by atoms with E-state index in [0.29, 0.717) is 26.2 Å². The zero-order chi connectivity index (χ0) is 22.8. The van der Waals surface area contributed by atoms with Gasteiger partial charge in [-0.1, -0.05) is 12.2 Å². The third-order valence-electron chi connectivity index (χ3n) is 6.62. The number of aliphatic hydroxyl groups is 1. The van der Waals surface area contributed by atoms with Crippen LogP contribution in [0.1, 0.15) is 64.2 Å². The molecule has 1 saturated carbocycles. The summed E-state index contributed by atoms with van der Waals surface area (Å²) in [5.41, 5.74) is 0. The number of carbonyl (C=O) groups is 1.